The second-order valence-corrected chi connectivity index (χ2v) is 11.3. The van der Waals surface area contributed by atoms with E-state index in [0.717, 1.165) is 29.8 Å². The Morgan fingerprint density at radius 3 is 2.28 bits per heavy atom. The zero-order valence-corrected chi connectivity index (χ0v) is 19.7. The Morgan fingerprint density at radius 1 is 1.03 bits per heavy atom. The van der Waals surface area contributed by atoms with Gasteiger partial charge in [0.25, 0.3) is 0 Å². The highest BCUT2D eigenvalue weighted by Gasteiger charge is 2.27. The lowest BCUT2D eigenvalue weighted by Crippen LogP contribution is -2.37. The van der Waals surface area contributed by atoms with Crippen molar-refractivity contribution in [2.24, 2.45) is 0 Å². The molecule has 1 aliphatic heterocycles. The van der Waals surface area contributed by atoms with Crippen LogP contribution in [-0.2, 0) is 24.8 Å². The average molecular weight is 482 g/mol. The molecule has 0 aliphatic carbocycles. The summed E-state index contributed by atoms with van der Waals surface area (Å²) < 4.78 is 58.2. The van der Waals surface area contributed by atoms with Crippen molar-refractivity contribution in [3.05, 3.63) is 48.5 Å². The predicted molar refractivity (Wildman–Crippen MR) is 123 cm³/mol. The molecule has 0 aromatic heterocycles. The van der Waals surface area contributed by atoms with Crippen LogP contribution in [0.3, 0.4) is 0 Å². The van der Waals surface area contributed by atoms with E-state index < -0.39 is 32.5 Å². The number of amides is 1. The zero-order valence-electron chi connectivity index (χ0n) is 18.0. The molecule has 0 saturated carbocycles. The first-order valence-corrected chi connectivity index (χ1v) is 13.4. The third-order valence-corrected chi connectivity index (χ3v) is 8.16. The second kappa shape index (κ2) is 9.88. The SMILES string of the molecule is COc1ccc(S(=O)(=O)N2CCCCC2)cc1NC(=O)CN(c1ccccc1)S(C)(=O)=O. The number of carbonyl (C=O) groups excluding carboxylic acids is 1. The number of rotatable bonds is 8. The van der Waals surface area contributed by atoms with Gasteiger partial charge in [-0.2, -0.15) is 4.31 Å². The van der Waals surface area contributed by atoms with E-state index in [0.29, 0.717) is 18.8 Å². The van der Waals surface area contributed by atoms with Crippen molar-refractivity contribution in [3.8, 4) is 5.75 Å². The first-order chi connectivity index (χ1) is 15.1. The van der Waals surface area contributed by atoms with Crippen LogP contribution in [0.1, 0.15) is 19.3 Å². The molecule has 174 valence electrons. The third kappa shape index (κ3) is 5.59. The molecule has 1 saturated heterocycles. The van der Waals surface area contributed by atoms with Crippen molar-refractivity contribution in [1.29, 1.82) is 0 Å². The van der Waals surface area contributed by atoms with Gasteiger partial charge in [-0.25, -0.2) is 16.8 Å². The number of hydrogen-bond acceptors (Lipinski definition) is 6. The molecule has 0 spiro atoms. The van der Waals surface area contributed by atoms with Crippen LogP contribution in [0.4, 0.5) is 11.4 Å². The Hall–Kier alpha value is -2.63. The van der Waals surface area contributed by atoms with Gasteiger partial charge in [0.1, 0.15) is 12.3 Å². The maximum Gasteiger partial charge on any atom is 0.245 e. The molecular formula is C21H27N3O6S2. The zero-order chi connectivity index (χ0) is 23.4. The summed E-state index contributed by atoms with van der Waals surface area (Å²) in [5.74, 6) is -0.369. The Labute approximate surface area is 189 Å². The van der Waals surface area contributed by atoms with Crippen LogP contribution >= 0.6 is 0 Å². The first-order valence-electron chi connectivity index (χ1n) is 10.1. The van der Waals surface area contributed by atoms with E-state index in [1.54, 1.807) is 30.3 Å². The van der Waals surface area contributed by atoms with Gasteiger partial charge in [-0.15, -0.1) is 0 Å². The number of methoxy groups -OCH3 is 1. The molecule has 1 N–H and O–H groups in total. The van der Waals surface area contributed by atoms with Gasteiger partial charge in [0.2, 0.25) is 26.0 Å². The molecule has 1 amide bonds. The van der Waals surface area contributed by atoms with Gasteiger partial charge in [-0.05, 0) is 43.2 Å². The summed E-state index contributed by atoms with van der Waals surface area (Å²) in [7, 11) is -6.04. The van der Waals surface area contributed by atoms with Crippen molar-refractivity contribution >= 4 is 37.3 Å². The number of anilines is 2. The minimum Gasteiger partial charge on any atom is -0.495 e. The standard InChI is InChI=1S/C21H27N3O6S2/c1-30-20-12-11-18(32(28,29)23-13-7-4-8-14-23)15-19(20)22-21(25)16-24(31(2,26)27)17-9-5-3-6-10-17/h3,5-6,9-12,15H,4,7-8,13-14,16H2,1-2H3,(H,22,25). The molecule has 32 heavy (non-hydrogen) atoms. The van der Waals surface area contributed by atoms with Crippen LogP contribution in [0.2, 0.25) is 0 Å². The summed E-state index contributed by atoms with van der Waals surface area (Å²) in [4.78, 5) is 12.8. The molecule has 0 unspecified atom stereocenters. The summed E-state index contributed by atoms with van der Waals surface area (Å²) in [5, 5.41) is 2.60. The summed E-state index contributed by atoms with van der Waals surface area (Å²) in [6, 6.07) is 12.5. The quantitative estimate of drug-likeness (QED) is 0.619. The highest BCUT2D eigenvalue weighted by Crippen LogP contribution is 2.30. The predicted octanol–water partition coefficient (Wildman–Crippen LogP) is 2.27. The normalized spacial score (nSPS) is 15.2. The van der Waals surface area contributed by atoms with Crippen molar-refractivity contribution in [2.45, 2.75) is 24.2 Å². The molecule has 1 heterocycles. The molecule has 11 heteroatoms. The maximum atomic E-state index is 13.0. The number of para-hydroxylation sites is 1. The largest absolute Gasteiger partial charge is 0.495 e. The molecule has 9 nitrogen and oxygen atoms in total. The van der Waals surface area contributed by atoms with Crippen LogP contribution in [0, 0.1) is 0 Å². The fourth-order valence-corrected chi connectivity index (χ4v) is 5.91. The number of benzene rings is 2. The molecule has 0 atom stereocenters. The maximum absolute atomic E-state index is 13.0. The Morgan fingerprint density at radius 2 is 1.69 bits per heavy atom. The summed E-state index contributed by atoms with van der Waals surface area (Å²) in [6.45, 7) is 0.433. The summed E-state index contributed by atoms with van der Waals surface area (Å²) >= 11 is 0. The van der Waals surface area contributed by atoms with Gasteiger partial charge >= 0.3 is 0 Å². The van der Waals surface area contributed by atoms with Crippen LogP contribution in [0.15, 0.2) is 53.4 Å². The van der Waals surface area contributed by atoms with Crippen molar-refractivity contribution in [3.63, 3.8) is 0 Å². The number of hydrogen-bond donors (Lipinski definition) is 1. The van der Waals surface area contributed by atoms with E-state index in [1.807, 2.05) is 0 Å². The lowest BCUT2D eigenvalue weighted by molar-refractivity contribution is -0.114. The first kappa shape index (κ1) is 24.0. The fraction of sp³-hybridized carbons (Fsp3) is 0.381. The van der Waals surface area contributed by atoms with E-state index >= 15 is 0 Å². The molecule has 1 aliphatic rings. The number of nitrogens with one attached hydrogen (secondary N) is 1. The Bertz CT molecular complexity index is 1160. The van der Waals surface area contributed by atoms with Crippen molar-refractivity contribution in [2.75, 3.05) is 42.6 Å². The molecule has 3 rings (SSSR count). The summed E-state index contributed by atoms with van der Waals surface area (Å²) in [6.07, 6.45) is 3.62. The Kier molecular flexibility index (Phi) is 7.42. The van der Waals surface area contributed by atoms with Crippen LogP contribution in [0.25, 0.3) is 0 Å². The lowest BCUT2D eigenvalue weighted by Gasteiger charge is -2.26. The van der Waals surface area contributed by atoms with E-state index in [9.17, 15) is 21.6 Å². The smallest absolute Gasteiger partial charge is 0.245 e. The second-order valence-electron chi connectivity index (χ2n) is 7.48. The number of carbonyl (C=O) groups is 1. The highest BCUT2D eigenvalue weighted by molar-refractivity contribution is 7.92. The van der Waals surface area contributed by atoms with E-state index in [1.165, 1.54) is 29.6 Å². The number of piperidine rings is 1. The minimum absolute atomic E-state index is 0.0403. The number of nitrogens with zero attached hydrogens (tertiary/aromatic N) is 2. The Balaban J connectivity index is 1.85. The number of ether oxygens (including phenoxy) is 1. The topological polar surface area (TPSA) is 113 Å². The highest BCUT2D eigenvalue weighted by atomic mass is 32.2. The van der Waals surface area contributed by atoms with Crippen LogP contribution in [-0.4, -0.2) is 60.0 Å². The van der Waals surface area contributed by atoms with E-state index in [-0.39, 0.29) is 16.3 Å². The van der Waals surface area contributed by atoms with Crippen LogP contribution < -0.4 is 14.4 Å². The van der Waals surface area contributed by atoms with Crippen molar-refractivity contribution in [1.82, 2.24) is 4.31 Å². The van der Waals surface area contributed by atoms with E-state index in [2.05, 4.69) is 5.32 Å². The van der Waals surface area contributed by atoms with Gasteiger partial charge in [-0.1, -0.05) is 24.6 Å². The fourth-order valence-electron chi connectivity index (χ4n) is 3.51. The molecule has 2 aromatic carbocycles. The van der Waals surface area contributed by atoms with E-state index in [4.69, 9.17) is 4.74 Å². The molecule has 0 radical (unpaired) electrons. The van der Waals surface area contributed by atoms with Gasteiger partial charge in [0.05, 0.1) is 29.6 Å². The summed E-state index contributed by atoms with van der Waals surface area (Å²) in [5.41, 5.74) is 0.496. The van der Waals surface area contributed by atoms with Crippen molar-refractivity contribution < 1.29 is 26.4 Å². The number of sulfonamides is 2. The van der Waals surface area contributed by atoms with Gasteiger partial charge < -0.3 is 10.1 Å². The molecule has 0 bridgehead atoms. The third-order valence-electron chi connectivity index (χ3n) is 5.13. The monoisotopic (exact) mass is 481 g/mol. The minimum atomic E-state index is -3.73. The molecular weight excluding hydrogens is 454 g/mol. The molecule has 2 aromatic rings. The average Bonchev–Trinajstić information content (AvgIpc) is 2.78. The lowest BCUT2D eigenvalue weighted by atomic mass is 10.2. The van der Waals surface area contributed by atoms with Crippen LogP contribution in [0.5, 0.6) is 5.75 Å². The van der Waals surface area contributed by atoms with Gasteiger partial charge in [-0.3, -0.25) is 9.10 Å². The van der Waals surface area contributed by atoms with Gasteiger partial charge in [0.15, 0.2) is 0 Å². The molecule has 1 fully saturated rings. The van der Waals surface area contributed by atoms with Gasteiger partial charge in [0, 0.05) is 13.1 Å².